The molecule has 1 aliphatic carbocycles. The molecule has 0 amide bonds. The third-order valence-corrected chi connectivity index (χ3v) is 3.65. The summed E-state index contributed by atoms with van der Waals surface area (Å²) < 4.78 is 16.3. The summed E-state index contributed by atoms with van der Waals surface area (Å²) in [6.45, 7) is 6.66. The molecule has 0 aliphatic heterocycles. The highest BCUT2D eigenvalue weighted by atomic mass is 16.7. The van der Waals surface area contributed by atoms with Crippen LogP contribution in [0.15, 0.2) is 12.7 Å². The van der Waals surface area contributed by atoms with E-state index in [2.05, 4.69) is 13.5 Å². The number of ether oxygens (including phenoxy) is 3. The second-order valence-corrected chi connectivity index (χ2v) is 4.62. The maximum atomic E-state index is 9.63. The average Bonchev–Trinajstić information content (AvgIpc) is 2.72. The number of rotatable bonds is 8. The Labute approximate surface area is 104 Å². The normalized spacial score (nSPS) is 32.9. The van der Waals surface area contributed by atoms with Gasteiger partial charge in [-0.3, -0.25) is 0 Å². The second-order valence-electron chi connectivity index (χ2n) is 4.62. The van der Waals surface area contributed by atoms with E-state index >= 15 is 0 Å². The van der Waals surface area contributed by atoms with E-state index in [1.54, 1.807) is 13.2 Å². The van der Waals surface area contributed by atoms with Crippen LogP contribution >= 0.6 is 0 Å². The van der Waals surface area contributed by atoms with Gasteiger partial charge in [0.25, 0.3) is 0 Å². The zero-order valence-electron chi connectivity index (χ0n) is 10.9. The van der Waals surface area contributed by atoms with E-state index < -0.39 is 0 Å². The first-order chi connectivity index (χ1) is 8.22. The van der Waals surface area contributed by atoms with Gasteiger partial charge in [-0.2, -0.15) is 0 Å². The third kappa shape index (κ3) is 3.52. The number of aliphatic hydroxyl groups excluding tert-OH is 1. The van der Waals surface area contributed by atoms with Crippen LogP contribution in [0.1, 0.15) is 26.2 Å². The smallest absolute Gasteiger partial charge is 0.146 e. The molecule has 0 radical (unpaired) electrons. The van der Waals surface area contributed by atoms with Gasteiger partial charge in [-0.05, 0) is 12.8 Å². The SMILES string of the molecule is C=CCO[C@H]1C[C@@H](OCOC)[C@@](CC)(CO)C1. The molecule has 17 heavy (non-hydrogen) atoms. The molecule has 1 aliphatic rings. The van der Waals surface area contributed by atoms with Crippen LogP contribution in [0.5, 0.6) is 0 Å². The van der Waals surface area contributed by atoms with Crippen LogP contribution in [-0.4, -0.2) is 44.4 Å². The standard InChI is InChI=1S/C13H24O4/c1-4-6-16-11-7-12(17-10-15-3)13(5-2,8-11)9-14/h4,11-12,14H,1,5-10H2,2-3H3/t11-,12+,13+/m0/s1. The van der Waals surface area contributed by atoms with Gasteiger partial charge in [-0.25, -0.2) is 0 Å². The van der Waals surface area contributed by atoms with Gasteiger partial charge in [0.2, 0.25) is 0 Å². The zero-order chi connectivity index (χ0) is 12.7. The van der Waals surface area contributed by atoms with Crippen LogP contribution in [0.2, 0.25) is 0 Å². The van der Waals surface area contributed by atoms with Crippen LogP contribution in [0.25, 0.3) is 0 Å². The fraction of sp³-hybridized carbons (Fsp3) is 0.846. The quantitative estimate of drug-likeness (QED) is 0.522. The summed E-state index contributed by atoms with van der Waals surface area (Å²) in [6, 6.07) is 0. The molecule has 1 rings (SSSR count). The maximum Gasteiger partial charge on any atom is 0.146 e. The molecule has 4 heteroatoms. The van der Waals surface area contributed by atoms with Crippen LogP contribution < -0.4 is 0 Å². The first kappa shape index (κ1) is 14.6. The van der Waals surface area contributed by atoms with E-state index in [1.165, 1.54) is 0 Å². The Morgan fingerprint density at radius 2 is 2.24 bits per heavy atom. The molecular formula is C13H24O4. The summed E-state index contributed by atoms with van der Waals surface area (Å²) in [6.07, 6.45) is 4.42. The van der Waals surface area contributed by atoms with Crippen molar-refractivity contribution in [2.24, 2.45) is 5.41 Å². The Kier molecular flexibility index (Phi) is 6.12. The van der Waals surface area contributed by atoms with E-state index in [9.17, 15) is 5.11 Å². The fourth-order valence-electron chi connectivity index (χ4n) is 2.53. The van der Waals surface area contributed by atoms with Crippen molar-refractivity contribution in [2.75, 3.05) is 27.1 Å². The second kappa shape index (κ2) is 7.11. The Bertz CT molecular complexity index is 225. The lowest BCUT2D eigenvalue weighted by Gasteiger charge is -2.31. The molecule has 1 fully saturated rings. The van der Waals surface area contributed by atoms with Gasteiger partial charge in [0.1, 0.15) is 6.79 Å². The molecule has 0 bridgehead atoms. The van der Waals surface area contributed by atoms with E-state index in [1.807, 2.05) is 0 Å². The molecule has 0 aromatic heterocycles. The van der Waals surface area contributed by atoms with E-state index in [4.69, 9.17) is 14.2 Å². The largest absolute Gasteiger partial charge is 0.396 e. The topological polar surface area (TPSA) is 47.9 Å². The molecule has 0 saturated heterocycles. The molecule has 1 saturated carbocycles. The molecule has 0 aromatic carbocycles. The molecule has 100 valence electrons. The van der Waals surface area contributed by atoms with Gasteiger partial charge in [0.05, 0.1) is 25.4 Å². The first-order valence-corrected chi connectivity index (χ1v) is 6.16. The highest BCUT2D eigenvalue weighted by molar-refractivity contribution is 4.97. The lowest BCUT2D eigenvalue weighted by atomic mass is 9.82. The predicted octanol–water partition coefficient (Wildman–Crippen LogP) is 1.73. The Morgan fingerprint density at radius 1 is 1.47 bits per heavy atom. The predicted molar refractivity (Wildman–Crippen MR) is 65.7 cm³/mol. The molecule has 0 heterocycles. The van der Waals surface area contributed by atoms with Crippen molar-refractivity contribution in [3.63, 3.8) is 0 Å². The number of hydrogen-bond donors (Lipinski definition) is 1. The van der Waals surface area contributed by atoms with Gasteiger partial charge in [0, 0.05) is 18.9 Å². The van der Waals surface area contributed by atoms with Crippen molar-refractivity contribution < 1.29 is 19.3 Å². The van der Waals surface area contributed by atoms with Crippen LogP contribution in [0.3, 0.4) is 0 Å². The molecule has 1 N–H and O–H groups in total. The number of aliphatic hydroxyl groups is 1. The highest BCUT2D eigenvalue weighted by Gasteiger charge is 2.47. The lowest BCUT2D eigenvalue weighted by Crippen LogP contribution is -2.35. The third-order valence-electron chi connectivity index (χ3n) is 3.65. The fourth-order valence-corrected chi connectivity index (χ4v) is 2.53. The summed E-state index contributed by atoms with van der Waals surface area (Å²) in [5.41, 5.74) is -0.190. The molecule has 0 aromatic rings. The first-order valence-electron chi connectivity index (χ1n) is 6.16. The van der Waals surface area contributed by atoms with Crippen LogP contribution in [0, 0.1) is 5.41 Å². The van der Waals surface area contributed by atoms with Crippen LogP contribution in [-0.2, 0) is 14.2 Å². The van der Waals surface area contributed by atoms with E-state index in [-0.39, 0.29) is 31.0 Å². The van der Waals surface area contributed by atoms with Crippen molar-refractivity contribution in [3.8, 4) is 0 Å². The summed E-state index contributed by atoms with van der Waals surface area (Å²) in [5, 5.41) is 9.63. The molecule has 0 unspecified atom stereocenters. The minimum atomic E-state index is -0.190. The maximum absolute atomic E-state index is 9.63. The molecular weight excluding hydrogens is 220 g/mol. The minimum Gasteiger partial charge on any atom is -0.396 e. The average molecular weight is 244 g/mol. The Hall–Kier alpha value is -0.420. The van der Waals surface area contributed by atoms with Gasteiger partial charge < -0.3 is 19.3 Å². The van der Waals surface area contributed by atoms with Crippen molar-refractivity contribution >= 4 is 0 Å². The van der Waals surface area contributed by atoms with Crippen molar-refractivity contribution in [3.05, 3.63) is 12.7 Å². The molecule has 0 spiro atoms. The molecule has 3 atom stereocenters. The Balaban J connectivity index is 2.60. The van der Waals surface area contributed by atoms with Gasteiger partial charge in [0.15, 0.2) is 0 Å². The Morgan fingerprint density at radius 3 is 2.76 bits per heavy atom. The van der Waals surface area contributed by atoms with Crippen molar-refractivity contribution in [1.29, 1.82) is 0 Å². The number of methoxy groups -OCH3 is 1. The van der Waals surface area contributed by atoms with Gasteiger partial charge >= 0.3 is 0 Å². The van der Waals surface area contributed by atoms with Gasteiger partial charge in [-0.1, -0.05) is 13.0 Å². The summed E-state index contributed by atoms with van der Waals surface area (Å²) in [7, 11) is 1.60. The van der Waals surface area contributed by atoms with Crippen molar-refractivity contribution in [2.45, 2.75) is 38.4 Å². The monoisotopic (exact) mass is 244 g/mol. The minimum absolute atomic E-state index is 0.00673. The van der Waals surface area contributed by atoms with E-state index in [0.717, 1.165) is 19.3 Å². The van der Waals surface area contributed by atoms with E-state index in [0.29, 0.717) is 6.61 Å². The summed E-state index contributed by atoms with van der Waals surface area (Å²) in [5.74, 6) is 0. The van der Waals surface area contributed by atoms with Gasteiger partial charge in [-0.15, -0.1) is 6.58 Å². The number of hydrogen-bond acceptors (Lipinski definition) is 4. The molecule has 4 nitrogen and oxygen atoms in total. The zero-order valence-corrected chi connectivity index (χ0v) is 10.9. The van der Waals surface area contributed by atoms with Crippen LogP contribution in [0.4, 0.5) is 0 Å². The van der Waals surface area contributed by atoms with Crippen molar-refractivity contribution in [1.82, 2.24) is 0 Å². The lowest BCUT2D eigenvalue weighted by molar-refractivity contribution is -0.119. The summed E-state index contributed by atoms with van der Waals surface area (Å²) >= 11 is 0. The highest BCUT2D eigenvalue weighted by Crippen LogP contribution is 2.44. The summed E-state index contributed by atoms with van der Waals surface area (Å²) in [4.78, 5) is 0.